The minimum Gasteiger partial charge on any atom is -0.455 e. The van der Waals surface area contributed by atoms with Crippen molar-refractivity contribution >= 4 is 40.2 Å². The molecule has 156 valence electrons. The van der Waals surface area contributed by atoms with Gasteiger partial charge < -0.3 is 14.5 Å². The minimum absolute atomic E-state index is 0.276. The summed E-state index contributed by atoms with van der Waals surface area (Å²) in [6, 6.07) is 23.7. The third-order valence-corrected chi connectivity index (χ3v) is 5.75. The second-order valence-electron chi connectivity index (χ2n) is 7.77. The zero-order valence-electron chi connectivity index (χ0n) is 17.4. The molecule has 0 amide bonds. The lowest BCUT2D eigenvalue weighted by Crippen LogP contribution is -2.28. The Labute approximate surface area is 189 Å². The van der Waals surface area contributed by atoms with Crippen LogP contribution in [-0.4, -0.2) is 27.1 Å². The maximum absolute atomic E-state index is 9.88. The van der Waals surface area contributed by atoms with E-state index in [1.807, 2.05) is 72.8 Å². The molecule has 2 N–H and O–H groups in total. The van der Waals surface area contributed by atoms with Crippen LogP contribution in [0.25, 0.3) is 55.7 Å². The van der Waals surface area contributed by atoms with Crippen molar-refractivity contribution in [3.05, 3.63) is 102 Å². The average Bonchev–Trinajstić information content (AvgIpc) is 3.08. The Morgan fingerprint density at radius 3 is 2.45 bits per heavy atom. The van der Waals surface area contributed by atoms with Crippen LogP contribution in [0.3, 0.4) is 0 Å². The molecule has 0 bridgehead atoms. The molecule has 3 aromatic carbocycles. The van der Waals surface area contributed by atoms with Crippen molar-refractivity contribution in [3.63, 3.8) is 0 Å². The quantitative estimate of drug-likeness (QED) is 0.431. The molecule has 0 radical (unpaired) electrons. The van der Waals surface area contributed by atoms with Gasteiger partial charge in [-0.3, -0.25) is 0 Å². The van der Waals surface area contributed by atoms with Gasteiger partial charge in [0.05, 0.1) is 22.0 Å². The molecule has 2 aromatic heterocycles. The molecule has 0 aliphatic heterocycles. The van der Waals surface area contributed by atoms with Gasteiger partial charge in [-0.1, -0.05) is 66.7 Å². The van der Waals surface area contributed by atoms with Crippen molar-refractivity contribution in [3.8, 4) is 22.6 Å². The number of benzene rings is 3. The molecule has 0 saturated heterocycles. The van der Waals surface area contributed by atoms with Crippen LogP contribution in [-0.2, 0) is 0 Å². The van der Waals surface area contributed by atoms with Crippen LogP contribution in [0.4, 0.5) is 0 Å². The highest BCUT2D eigenvalue weighted by Gasteiger charge is 2.20. The van der Waals surface area contributed by atoms with E-state index in [0.717, 1.165) is 33.1 Å². The fourth-order valence-electron chi connectivity index (χ4n) is 4.22. The van der Waals surface area contributed by atoms with Gasteiger partial charge in [0.2, 0.25) is 0 Å². The zero-order chi connectivity index (χ0) is 22.4. The topological polar surface area (TPSA) is 79.4 Å². The normalized spacial score (nSPS) is 12.6. The van der Waals surface area contributed by atoms with Crippen LogP contribution in [0.2, 0.25) is 0 Å². The van der Waals surface area contributed by atoms with Crippen LogP contribution in [0.5, 0.6) is 0 Å². The number of hydrogen-bond donors (Lipinski definition) is 2. The van der Waals surface area contributed by atoms with Crippen molar-refractivity contribution in [2.45, 2.75) is 0 Å². The maximum Gasteiger partial charge on any atom is 0.492 e. The van der Waals surface area contributed by atoms with E-state index < -0.39 is 7.12 Å². The van der Waals surface area contributed by atoms with E-state index in [0.29, 0.717) is 22.0 Å². The number of aromatic nitrogens is 2. The lowest BCUT2D eigenvalue weighted by molar-refractivity contribution is 0.425. The Hall–Kier alpha value is -4.22. The van der Waals surface area contributed by atoms with Crippen molar-refractivity contribution in [2.75, 3.05) is 0 Å². The monoisotopic (exact) mass is 428 g/mol. The van der Waals surface area contributed by atoms with Crippen molar-refractivity contribution in [1.29, 1.82) is 0 Å². The summed E-state index contributed by atoms with van der Waals surface area (Å²) in [5.74, 6) is 0.535. The molecule has 2 heterocycles. The van der Waals surface area contributed by atoms with Crippen LogP contribution in [0, 0.1) is 0 Å². The molecule has 6 heteroatoms. The van der Waals surface area contributed by atoms with E-state index in [1.54, 1.807) is 18.2 Å². The fraction of sp³-hybridized carbons (Fsp3) is 0. The summed E-state index contributed by atoms with van der Waals surface area (Å²) in [6.45, 7) is 0. The first-order valence-corrected chi connectivity index (χ1v) is 10.6. The van der Waals surface area contributed by atoms with Gasteiger partial charge in [0, 0.05) is 21.8 Å². The largest absolute Gasteiger partial charge is 0.492 e. The molecule has 0 fully saturated rings. The first-order chi connectivity index (χ1) is 16.2. The van der Waals surface area contributed by atoms with Crippen molar-refractivity contribution < 1.29 is 14.5 Å². The van der Waals surface area contributed by atoms with Crippen LogP contribution in [0.1, 0.15) is 0 Å². The molecule has 0 unspecified atom stereocenters. The Morgan fingerprint density at radius 1 is 0.818 bits per heavy atom. The molecule has 0 spiro atoms. The SMILES string of the molecule is OB(O)C1=c2oc3c(-c4nc(-c5ccccc5)c5ccccc5n4)cccc3c2=C=CC=C1. The average molecular weight is 428 g/mol. The van der Waals surface area contributed by atoms with Gasteiger partial charge in [0.25, 0.3) is 0 Å². The Kier molecular flexibility index (Phi) is 4.56. The van der Waals surface area contributed by atoms with Crippen molar-refractivity contribution in [2.24, 2.45) is 0 Å². The summed E-state index contributed by atoms with van der Waals surface area (Å²) >= 11 is 0. The number of para-hydroxylation sites is 2. The van der Waals surface area contributed by atoms with Gasteiger partial charge in [-0.05, 0) is 24.3 Å². The third kappa shape index (κ3) is 3.22. The molecule has 0 saturated carbocycles. The van der Waals surface area contributed by atoms with E-state index in [2.05, 4.69) is 5.73 Å². The predicted octanol–water partition coefficient (Wildman–Crippen LogP) is 3.38. The summed E-state index contributed by atoms with van der Waals surface area (Å²) in [5.41, 5.74) is 7.81. The van der Waals surface area contributed by atoms with Gasteiger partial charge in [-0.25, -0.2) is 9.97 Å². The van der Waals surface area contributed by atoms with E-state index in [9.17, 15) is 10.0 Å². The first kappa shape index (κ1) is 19.5. The standard InChI is InChI=1S/C27H17BN2O3/c31-28(32)22-15-6-4-11-19-18-13-8-14-21(25(18)33-26(19)22)27-29-23-16-7-5-12-20(23)24(30-27)17-9-2-1-3-10-17/h1-10,12-16,31-32H. The van der Waals surface area contributed by atoms with Gasteiger partial charge in [0.1, 0.15) is 11.0 Å². The van der Waals surface area contributed by atoms with Gasteiger partial charge in [-0.2, -0.15) is 0 Å². The van der Waals surface area contributed by atoms with E-state index in [-0.39, 0.29) is 5.47 Å². The maximum atomic E-state index is 9.88. The highest BCUT2D eigenvalue weighted by molar-refractivity contribution is 6.64. The van der Waals surface area contributed by atoms with E-state index in [1.165, 1.54) is 0 Å². The minimum atomic E-state index is -1.67. The number of fused-ring (bicyclic) bond motifs is 4. The number of hydrogen-bond acceptors (Lipinski definition) is 5. The highest BCUT2D eigenvalue weighted by atomic mass is 16.4. The Bertz CT molecular complexity index is 1730. The first-order valence-electron chi connectivity index (χ1n) is 10.6. The molecule has 5 aromatic rings. The number of furan rings is 1. The number of allylic oxidation sites excluding steroid dienone is 3. The predicted molar refractivity (Wildman–Crippen MR) is 130 cm³/mol. The third-order valence-electron chi connectivity index (χ3n) is 5.75. The summed E-state index contributed by atoms with van der Waals surface area (Å²) in [4.78, 5) is 9.79. The lowest BCUT2D eigenvalue weighted by atomic mass is 9.79. The van der Waals surface area contributed by atoms with Gasteiger partial charge >= 0.3 is 7.12 Å². The smallest absolute Gasteiger partial charge is 0.455 e. The molecular formula is C27H17BN2O3. The molecule has 0 atom stereocenters. The van der Waals surface area contributed by atoms with E-state index >= 15 is 0 Å². The molecule has 1 aliphatic carbocycles. The van der Waals surface area contributed by atoms with Gasteiger partial charge in [-0.15, -0.1) is 5.73 Å². The molecule has 1 aliphatic rings. The molecule has 33 heavy (non-hydrogen) atoms. The fourth-order valence-corrected chi connectivity index (χ4v) is 4.22. The second-order valence-corrected chi connectivity index (χ2v) is 7.77. The van der Waals surface area contributed by atoms with Gasteiger partial charge in [0.15, 0.2) is 5.82 Å². The molecule has 6 rings (SSSR count). The highest BCUT2D eigenvalue weighted by Crippen LogP contribution is 2.31. The van der Waals surface area contributed by atoms with Crippen LogP contribution >= 0.6 is 0 Å². The lowest BCUT2D eigenvalue weighted by Gasteiger charge is -2.09. The number of nitrogens with zero attached hydrogens (tertiary/aromatic N) is 2. The van der Waals surface area contributed by atoms with Crippen LogP contribution in [0.15, 0.2) is 95.4 Å². The Balaban J connectivity index is 1.70. The van der Waals surface area contributed by atoms with Crippen molar-refractivity contribution in [1.82, 2.24) is 9.97 Å². The summed E-state index contributed by atoms with van der Waals surface area (Å²) in [5, 5.41) is 22.2. The molecular weight excluding hydrogens is 411 g/mol. The molecule has 5 nitrogen and oxygen atoms in total. The second kappa shape index (κ2) is 7.73. The summed E-state index contributed by atoms with van der Waals surface area (Å²) in [7, 11) is -1.67. The summed E-state index contributed by atoms with van der Waals surface area (Å²) in [6.07, 6.45) is 5.06. The zero-order valence-corrected chi connectivity index (χ0v) is 17.4. The van der Waals surface area contributed by atoms with Crippen LogP contribution < -0.4 is 10.6 Å². The Morgan fingerprint density at radius 2 is 1.61 bits per heavy atom. The summed E-state index contributed by atoms with van der Waals surface area (Å²) < 4.78 is 6.22. The van der Waals surface area contributed by atoms with E-state index in [4.69, 9.17) is 14.4 Å². The number of rotatable bonds is 3.